The number of nitrogens with one attached hydrogen (secondary N) is 1. The summed E-state index contributed by atoms with van der Waals surface area (Å²) in [6, 6.07) is 7.42. The molecule has 0 spiro atoms. The van der Waals surface area contributed by atoms with Gasteiger partial charge in [0.25, 0.3) is 5.91 Å². The lowest BCUT2D eigenvalue weighted by molar-refractivity contribution is -0.158. The Morgan fingerprint density at radius 1 is 1.18 bits per heavy atom. The van der Waals surface area contributed by atoms with Crippen LogP contribution >= 0.6 is 27.5 Å². The topological polar surface area (TPSA) is 71.5 Å². The Kier molecular flexibility index (Phi) is 11.9. The van der Waals surface area contributed by atoms with E-state index in [9.17, 15) is 18.4 Å². The average Bonchev–Trinajstić information content (AvgIpc) is 2.99. The Morgan fingerprint density at radius 3 is 2.66 bits per heavy atom. The van der Waals surface area contributed by atoms with E-state index in [1.54, 1.807) is 6.92 Å². The van der Waals surface area contributed by atoms with Crippen molar-refractivity contribution in [2.75, 3.05) is 24.5 Å². The molecule has 1 aromatic heterocycles. The summed E-state index contributed by atoms with van der Waals surface area (Å²) in [6.07, 6.45) is 1.71. The van der Waals surface area contributed by atoms with Crippen molar-refractivity contribution in [1.29, 1.82) is 0 Å². The number of benzene rings is 2. The van der Waals surface area contributed by atoms with Crippen molar-refractivity contribution in [3.63, 3.8) is 0 Å². The van der Waals surface area contributed by atoms with Crippen LogP contribution in [-0.4, -0.2) is 42.9 Å². The Morgan fingerprint density at radius 2 is 1.93 bits per heavy atom. The molecule has 0 radical (unpaired) electrons. The highest BCUT2D eigenvalue weighted by Gasteiger charge is 2.28. The third-order valence-electron chi connectivity index (χ3n) is 8.26. The van der Waals surface area contributed by atoms with Gasteiger partial charge in [0.05, 0.1) is 16.1 Å². The normalized spacial score (nSPS) is 16.5. The molecule has 1 aliphatic heterocycles. The number of ether oxygens (including phenoxy) is 1. The molecule has 1 fully saturated rings. The van der Waals surface area contributed by atoms with Crippen LogP contribution in [0.25, 0.3) is 10.9 Å². The third-order valence-corrected chi connectivity index (χ3v) is 9.13. The summed E-state index contributed by atoms with van der Waals surface area (Å²) in [5, 5.41) is 3.09. The van der Waals surface area contributed by atoms with E-state index in [1.165, 1.54) is 0 Å². The van der Waals surface area contributed by atoms with Crippen LogP contribution in [0.1, 0.15) is 86.2 Å². The number of fused-ring (bicyclic) bond motifs is 1. The minimum absolute atomic E-state index is 0.0584. The molecule has 0 saturated carbocycles. The third kappa shape index (κ3) is 8.05. The number of hydrogen-bond donors (Lipinski definition) is 1. The lowest BCUT2D eigenvalue weighted by Crippen LogP contribution is -2.37. The second-order valence-corrected chi connectivity index (χ2v) is 12.6. The molecule has 2 aromatic carbocycles. The molecule has 3 atom stereocenters. The van der Waals surface area contributed by atoms with Crippen LogP contribution in [0.5, 0.6) is 0 Å². The molecule has 1 aliphatic rings. The van der Waals surface area contributed by atoms with E-state index in [1.807, 2.05) is 25.1 Å². The molecule has 0 aliphatic carbocycles. The molecule has 1 N–H and O–H groups in total. The number of aromatic nitrogens is 1. The fourth-order valence-corrected chi connectivity index (χ4v) is 6.53. The Balaban J connectivity index is 1.65. The lowest BCUT2D eigenvalue weighted by Gasteiger charge is -2.34. The Bertz CT molecular complexity index is 1510. The second kappa shape index (κ2) is 15.4. The van der Waals surface area contributed by atoms with Gasteiger partial charge in [-0.15, -0.1) is 0 Å². The first-order chi connectivity index (χ1) is 21.0. The molecule has 11 heteroatoms. The summed E-state index contributed by atoms with van der Waals surface area (Å²) < 4.78 is 48.9. The van der Waals surface area contributed by atoms with Gasteiger partial charge in [0.1, 0.15) is 17.5 Å². The highest BCUT2D eigenvalue weighted by Crippen LogP contribution is 2.35. The molecule has 238 valence electrons. The van der Waals surface area contributed by atoms with Gasteiger partial charge in [0.15, 0.2) is 0 Å². The first kappa shape index (κ1) is 34.0. The van der Waals surface area contributed by atoms with Crippen molar-refractivity contribution in [3.8, 4) is 0 Å². The average molecular weight is 697 g/mol. The zero-order chi connectivity index (χ0) is 32.0. The zero-order valence-corrected chi connectivity index (χ0v) is 27.5. The van der Waals surface area contributed by atoms with E-state index in [2.05, 4.69) is 33.1 Å². The highest BCUT2D eigenvalue weighted by atomic mass is 79.9. The SMILES string of the molecule is CCCC(F)OC(=O)CCC(CNC(=O)c1c(C)c(N2CCCC(CC)C2)nc2ccc(Br)cc12)c1c(F)ccc(F)c1Cl. The predicted molar refractivity (Wildman–Crippen MR) is 171 cm³/mol. The van der Waals surface area contributed by atoms with Gasteiger partial charge in [0, 0.05) is 59.4 Å². The summed E-state index contributed by atoms with van der Waals surface area (Å²) in [7, 11) is 0. The van der Waals surface area contributed by atoms with E-state index in [0.29, 0.717) is 34.4 Å². The number of carbonyl (C=O) groups is 2. The predicted octanol–water partition coefficient (Wildman–Crippen LogP) is 8.80. The van der Waals surface area contributed by atoms with Crippen LogP contribution in [0.2, 0.25) is 5.02 Å². The highest BCUT2D eigenvalue weighted by molar-refractivity contribution is 9.10. The summed E-state index contributed by atoms with van der Waals surface area (Å²) in [4.78, 5) is 33.5. The van der Waals surface area contributed by atoms with E-state index >= 15 is 4.39 Å². The van der Waals surface area contributed by atoms with Gasteiger partial charge in [0.2, 0.25) is 6.36 Å². The summed E-state index contributed by atoms with van der Waals surface area (Å²) in [5.41, 5.74) is 1.63. The van der Waals surface area contributed by atoms with Gasteiger partial charge >= 0.3 is 5.97 Å². The Hall–Kier alpha value is -2.85. The molecule has 3 aromatic rings. The van der Waals surface area contributed by atoms with Gasteiger partial charge in [-0.3, -0.25) is 9.59 Å². The van der Waals surface area contributed by atoms with Crippen molar-refractivity contribution in [1.82, 2.24) is 10.3 Å². The van der Waals surface area contributed by atoms with E-state index < -0.39 is 40.8 Å². The van der Waals surface area contributed by atoms with Gasteiger partial charge < -0.3 is 15.0 Å². The molecule has 2 heterocycles. The molecule has 4 rings (SSSR count). The fraction of sp³-hybridized carbons (Fsp3) is 0.485. The number of hydrogen-bond acceptors (Lipinski definition) is 5. The van der Waals surface area contributed by atoms with Crippen molar-refractivity contribution in [3.05, 3.63) is 68.2 Å². The van der Waals surface area contributed by atoms with Crippen LogP contribution in [0.3, 0.4) is 0 Å². The number of pyridine rings is 1. The van der Waals surface area contributed by atoms with Crippen LogP contribution in [-0.2, 0) is 9.53 Å². The first-order valence-electron chi connectivity index (χ1n) is 15.1. The minimum Gasteiger partial charge on any atom is -0.431 e. The summed E-state index contributed by atoms with van der Waals surface area (Å²) >= 11 is 9.69. The monoisotopic (exact) mass is 695 g/mol. The second-order valence-electron chi connectivity index (χ2n) is 11.4. The maximum atomic E-state index is 15.0. The first-order valence-corrected chi connectivity index (χ1v) is 16.3. The fourth-order valence-electron chi connectivity index (χ4n) is 5.86. The number of nitrogens with zero attached hydrogens (tertiary/aromatic N) is 2. The molecular weight excluding hydrogens is 659 g/mol. The van der Waals surface area contributed by atoms with Crippen LogP contribution in [0.15, 0.2) is 34.8 Å². The van der Waals surface area contributed by atoms with E-state index in [4.69, 9.17) is 21.3 Å². The van der Waals surface area contributed by atoms with Crippen LogP contribution in [0.4, 0.5) is 19.0 Å². The van der Waals surface area contributed by atoms with Crippen molar-refractivity contribution in [2.45, 2.75) is 78.0 Å². The number of rotatable bonds is 12. The zero-order valence-electron chi connectivity index (χ0n) is 25.2. The van der Waals surface area contributed by atoms with Crippen LogP contribution in [0, 0.1) is 24.5 Å². The quantitative estimate of drug-likeness (QED) is 0.151. The molecule has 44 heavy (non-hydrogen) atoms. The minimum atomic E-state index is -1.75. The van der Waals surface area contributed by atoms with Gasteiger partial charge in [-0.05, 0) is 68.9 Å². The van der Waals surface area contributed by atoms with Crippen molar-refractivity contribution < 1.29 is 27.5 Å². The van der Waals surface area contributed by atoms with E-state index in [0.717, 1.165) is 54.8 Å². The Labute approximate surface area is 269 Å². The standard InChI is InChI=1S/C33H38BrClF3N3O3/c1-4-7-27(38)44-28(42)14-9-21(30-24(36)11-12-25(37)31(30)35)17-39-33(43)29-19(3)32(41-15-6-8-20(5-2)18-41)40-26-13-10-22(34)16-23(26)29/h10-13,16,20-21,27H,4-9,14-15,17-18H2,1-3H3,(H,39,43). The maximum absolute atomic E-state index is 15.0. The summed E-state index contributed by atoms with van der Waals surface area (Å²) in [6.45, 7) is 7.33. The number of anilines is 1. The van der Waals surface area contributed by atoms with Crippen molar-refractivity contribution >= 4 is 56.1 Å². The number of halogens is 5. The number of esters is 1. The molecule has 1 saturated heterocycles. The maximum Gasteiger partial charge on any atom is 0.308 e. The largest absolute Gasteiger partial charge is 0.431 e. The molecule has 6 nitrogen and oxygen atoms in total. The molecule has 0 bridgehead atoms. The molecule has 1 amide bonds. The van der Waals surface area contributed by atoms with Crippen LogP contribution < -0.4 is 10.2 Å². The number of amides is 1. The molecular formula is C33H38BrClF3N3O3. The summed E-state index contributed by atoms with van der Waals surface area (Å²) in [5.74, 6) is -2.45. The number of piperidine rings is 1. The van der Waals surface area contributed by atoms with Crippen molar-refractivity contribution in [2.24, 2.45) is 5.92 Å². The van der Waals surface area contributed by atoms with Gasteiger partial charge in [-0.25, -0.2) is 18.2 Å². The molecule has 3 unspecified atom stereocenters. The number of carbonyl (C=O) groups excluding carboxylic acids is 2. The van der Waals surface area contributed by atoms with Gasteiger partial charge in [-0.2, -0.15) is 0 Å². The van der Waals surface area contributed by atoms with E-state index in [-0.39, 0.29) is 31.4 Å². The smallest absolute Gasteiger partial charge is 0.308 e. The lowest BCUT2D eigenvalue weighted by atomic mass is 9.92. The number of alkyl halides is 1. The van der Waals surface area contributed by atoms with Gasteiger partial charge in [-0.1, -0.05) is 47.8 Å².